The van der Waals surface area contributed by atoms with Crippen LogP contribution in [0.3, 0.4) is 0 Å². The van der Waals surface area contributed by atoms with E-state index in [1.807, 2.05) is 20.8 Å². The molecule has 1 aliphatic heterocycles. The average Bonchev–Trinajstić information content (AvgIpc) is 2.29. The van der Waals surface area contributed by atoms with E-state index in [1.165, 1.54) is 0 Å². The number of carbonyl (C=O) groups is 1. The van der Waals surface area contributed by atoms with Gasteiger partial charge < -0.3 is 14.6 Å². The molecule has 0 amide bonds. The number of aliphatic carboxylic acids is 1. The normalized spacial score (nSPS) is 34.9. The van der Waals surface area contributed by atoms with Gasteiger partial charge in [0.15, 0.2) is 12.4 Å². The van der Waals surface area contributed by atoms with Gasteiger partial charge in [-0.25, -0.2) is 4.79 Å². The largest absolute Gasteiger partial charge is 0.479 e. The number of carboxylic acids is 1. The molecule has 4 nitrogen and oxygen atoms in total. The van der Waals surface area contributed by atoms with Gasteiger partial charge in [-0.1, -0.05) is 20.8 Å². The highest BCUT2D eigenvalue weighted by atomic mass is 16.7. The van der Waals surface area contributed by atoms with E-state index in [9.17, 15) is 4.79 Å². The standard InChI is InChI=1S/C9H16O4/c1-5-6(7(10)11)13-8(12-5)9(2,3)4/h5-6,8H,1-4H3,(H,10,11). The number of hydrogen-bond acceptors (Lipinski definition) is 3. The van der Waals surface area contributed by atoms with Crippen molar-refractivity contribution in [2.24, 2.45) is 5.41 Å². The molecule has 1 aliphatic rings. The number of hydrogen-bond donors (Lipinski definition) is 1. The highest BCUT2D eigenvalue weighted by molar-refractivity contribution is 5.73. The summed E-state index contributed by atoms with van der Waals surface area (Å²) < 4.78 is 10.7. The van der Waals surface area contributed by atoms with Crippen molar-refractivity contribution in [2.75, 3.05) is 0 Å². The van der Waals surface area contributed by atoms with Gasteiger partial charge in [-0.15, -0.1) is 0 Å². The second-order valence-electron chi connectivity index (χ2n) is 4.43. The van der Waals surface area contributed by atoms with E-state index in [0.717, 1.165) is 0 Å². The van der Waals surface area contributed by atoms with Crippen molar-refractivity contribution in [3.8, 4) is 0 Å². The second-order valence-corrected chi connectivity index (χ2v) is 4.43. The van der Waals surface area contributed by atoms with E-state index in [2.05, 4.69) is 0 Å². The van der Waals surface area contributed by atoms with Crippen molar-refractivity contribution in [3.63, 3.8) is 0 Å². The van der Waals surface area contributed by atoms with Gasteiger partial charge in [0.1, 0.15) is 0 Å². The Bertz CT molecular complexity index is 206. The molecular formula is C9H16O4. The van der Waals surface area contributed by atoms with Crippen molar-refractivity contribution >= 4 is 5.97 Å². The van der Waals surface area contributed by atoms with E-state index >= 15 is 0 Å². The second kappa shape index (κ2) is 3.27. The fourth-order valence-corrected chi connectivity index (χ4v) is 1.21. The maximum atomic E-state index is 10.7. The molecule has 0 aliphatic carbocycles. The molecule has 1 N–H and O–H groups in total. The van der Waals surface area contributed by atoms with Gasteiger partial charge in [0.25, 0.3) is 0 Å². The van der Waals surface area contributed by atoms with E-state index in [0.29, 0.717) is 0 Å². The third-order valence-corrected chi connectivity index (χ3v) is 1.99. The summed E-state index contributed by atoms with van der Waals surface area (Å²) in [7, 11) is 0. The Hall–Kier alpha value is -0.610. The van der Waals surface area contributed by atoms with Crippen LogP contribution in [0.25, 0.3) is 0 Å². The van der Waals surface area contributed by atoms with Crippen LogP contribution in [0.2, 0.25) is 0 Å². The average molecular weight is 188 g/mol. The third kappa shape index (κ3) is 2.19. The van der Waals surface area contributed by atoms with E-state index in [-0.39, 0.29) is 11.5 Å². The molecule has 1 rings (SSSR count). The summed E-state index contributed by atoms with van der Waals surface area (Å²) in [5.41, 5.74) is -0.182. The fraction of sp³-hybridized carbons (Fsp3) is 0.889. The van der Waals surface area contributed by atoms with Crippen LogP contribution in [0.1, 0.15) is 27.7 Å². The lowest BCUT2D eigenvalue weighted by Crippen LogP contribution is -2.30. The van der Waals surface area contributed by atoms with Gasteiger partial charge >= 0.3 is 5.97 Å². The molecular weight excluding hydrogens is 172 g/mol. The smallest absolute Gasteiger partial charge is 0.335 e. The summed E-state index contributed by atoms with van der Waals surface area (Å²) in [5, 5.41) is 8.76. The fourth-order valence-electron chi connectivity index (χ4n) is 1.21. The minimum absolute atomic E-state index is 0.182. The predicted molar refractivity (Wildman–Crippen MR) is 46.3 cm³/mol. The van der Waals surface area contributed by atoms with Crippen LogP contribution in [0.4, 0.5) is 0 Å². The van der Waals surface area contributed by atoms with Gasteiger partial charge in [0, 0.05) is 5.41 Å². The predicted octanol–water partition coefficient (Wildman–Crippen LogP) is 1.25. The Morgan fingerprint density at radius 2 is 1.85 bits per heavy atom. The molecule has 0 aromatic carbocycles. The molecule has 76 valence electrons. The van der Waals surface area contributed by atoms with Crippen LogP contribution in [0.5, 0.6) is 0 Å². The lowest BCUT2D eigenvalue weighted by Gasteiger charge is -2.24. The quantitative estimate of drug-likeness (QED) is 0.672. The molecule has 4 heteroatoms. The Morgan fingerprint density at radius 3 is 2.08 bits per heavy atom. The minimum atomic E-state index is -0.959. The minimum Gasteiger partial charge on any atom is -0.479 e. The van der Waals surface area contributed by atoms with Crippen LogP contribution in [-0.4, -0.2) is 29.6 Å². The summed E-state index contributed by atoms with van der Waals surface area (Å²) >= 11 is 0. The van der Waals surface area contributed by atoms with Crippen molar-refractivity contribution in [1.29, 1.82) is 0 Å². The zero-order valence-electron chi connectivity index (χ0n) is 8.40. The molecule has 0 radical (unpaired) electrons. The van der Waals surface area contributed by atoms with Crippen molar-refractivity contribution in [3.05, 3.63) is 0 Å². The molecule has 0 bridgehead atoms. The first-order valence-corrected chi connectivity index (χ1v) is 4.36. The lowest BCUT2D eigenvalue weighted by atomic mass is 9.96. The maximum absolute atomic E-state index is 10.7. The van der Waals surface area contributed by atoms with E-state index < -0.39 is 18.4 Å². The maximum Gasteiger partial charge on any atom is 0.335 e. The van der Waals surface area contributed by atoms with Crippen LogP contribution < -0.4 is 0 Å². The highest BCUT2D eigenvalue weighted by Gasteiger charge is 2.43. The molecule has 13 heavy (non-hydrogen) atoms. The SMILES string of the molecule is CC1OC(C(C)(C)C)OC1C(=O)O. The molecule has 0 aromatic heterocycles. The number of carboxylic acid groups (broad SMARTS) is 1. The lowest BCUT2D eigenvalue weighted by molar-refractivity contribution is -0.158. The third-order valence-electron chi connectivity index (χ3n) is 1.99. The topological polar surface area (TPSA) is 55.8 Å². The summed E-state index contributed by atoms with van der Waals surface area (Å²) in [6.07, 6.45) is -1.63. The van der Waals surface area contributed by atoms with Crippen LogP contribution in [-0.2, 0) is 14.3 Å². The Kier molecular flexibility index (Phi) is 2.63. The number of rotatable bonds is 1. The summed E-state index contributed by atoms with van der Waals surface area (Å²) in [6.45, 7) is 7.57. The highest BCUT2D eigenvalue weighted by Crippen LogP contribution is 2.31. The first-order chi connectivity index (χ1) is 5.82. The van der Waals surface area contributed by atoms with Gasteiger partial charge in [0.2, 0.25) is 0 Å². The Labute approximate surface area is 77.8 Å². The van der Waals surface area contributed by atoms with Gasteiger partial charge in [0.05, 0.1) is 6.10 Å². The van der Waals surface area contributed by atoms with Gasteiger partial charge in [-0.05, 0) is 6.92 Å². The molecule has 3 atom stereocenters. The Morgan fingerprint density at radius 1 is 1.31 bits per heavy atom. The van der Waals surface area contributed by atoms with Gasteiger partial charge in [-0.3, -0.25) is 0 Å². The van der Waals surface area contributed by atoms with Crippen LogP contribution in [0, 0.1) is 5.41 Å². The summed E-state index contributed by atoms with van der Waals surface area (Å²) in [5.74, 6) is -0.959. The molecule has 0 spiro atoms. The van der Waals surface area contributed by atoms with Crippen LogP contribution in [0.15, 0.2) is 0 Å². The molecule has 0 saturated carbocycles. The molecule has 0 aromatic rings. The molecule has 3 unspecified atom stereocenters. The molecule has 1 heterocycles. The monoisotopic (exact) mass is 188 g/mol. The van der Waals surface area contributed by atoms with Crippen molar-refractivity contribution < 1.29 is 19.4 Å². The zero-order chi connectivity index (χ0) is 10.2. The molecule has 1 fully saturated rings. The number of ether oxygens (including phenoxy) is 2. The van der Waals surface area contributed by atoms with E-state index in [4.69, 9.17) is 14.6 Å². The van der Waals surface area contributed by atoms with Gasteiger partial charge in [-0.2, -0.15) is 0 Å². The van der Waals surface area contributed by atoms with E-state index in [1.54, 1.807) is 6.92 Å². The summed E-state index contributed by atoms with van der Waals surface area (Å²) in [6, 6.07) is 0. The first kappa shape index (κ1) is 10.5. The Balaban J connectivity index is 2.65. The first-order valence-electron chi connectivity index (χ1n) is 4.36. The van der Waals surface area contributed by atoms with Crippen molar-refractivity contribution in [2.45, 2.75) is 46.2 Å². The van der Waals surface area contributed by atoms with Crippen LogP contribution >= 0.6 is 0 Å². The zero-order valence-corrected chi connectivity index (χ0v) is 8.40. The summed E-state index contributed by atoms with van der Waals surface area (Å²) in [4.78, 5) is 10.7. The molecule has 1 saturated heterocycles. The van der Waals surface area contributed by atoms with Crippen molar-refractivity contribution in [1.82, 2.24) is 0 Å².